The van der Waals surface area contributed by atoms with Crippen LogP contribution in [0.2, 0.25) is 0 Å². The molecule has 8 atom stereocenters. The van der Waals surface area contributed by atoms with E-state index in [-0.39, 0.29) is 0 Å². The van der Waals surface area contributed by atoms with Crippen LogP contribution in [0.25, 0.3) is 0 Å². The highest BCUT2D eigenvalue weighted by Gasteiger charge is 2.73. The summed E-state index contributed by atoms with van der Waals surface area (Å²) < 4.78 is 0. The summed E-state index contributed by atoms with van der Waals surface area (Å²) in [6.45, 7) is 7.92. The van der Waals surface area contributed by atoms with E-state index >= 15 is 0 Å². The maximum Gasteiger partial charge on any atom is 0.0496 e. The zero-order valence-corrected chi connectivity index (χ0v) is 16.2. The Kier molecular flexibility index (Phi) is 3.45. The second-order valence-corrected chi connectivity index (χ2v) is 10.6. The van der Waals surface area contributed by atoms with Crippen molar-refractivity contribution in [2.24, 2.45) is 52.3 Å². The van der Waals surface area contributed by atoms with Crippen molar-refractivity contribution in [3.8, 4) is 0 Å². The number of fused-ring (bicyclic) bond motifs is 7. The molecule has 0 saturated heterocycles. The Morgan fingerprint density at radius 1 is 1.16 bits per heavy atom. The summed E-state index contributed by atoms with van der Waals surface area (Å²) in [5.41, 5.74) is 3.33. The summed E-state index contributed by atoms with van der Waals surface area (Å²) >= 11 is 0. The third-order valence-corrected chi connectivity index (χ3v) is 9.97. The third kappa shape index (κ3) is 1.93. The lowest BCUT2D eigenvalue weighted by Gasteiger charge is -2.59. The second kappa shape index (κ2) is 5.21. The molecule has 2 N–H and O–H groups in total. The van der Waals surface area contributed by atoms with Gasteiger partial charge in [-0.05, 0) is 97.4 Å². The molecule has 0 aliphatic heterocycles. The lowest BCUT2D eigenvalue weighted by molar-refractivity contribution is -0.0917. The van der Waals surface area contributed by atoms with Crippen LogP contribution < -0.4 is 0 Å². The molecule has 0 aromatic rings. The van der Waals surface area contributed by atoms with Gasteiger partial charge >= 0.3 is 0 Å². The zero-order valence-electron chi connectivity index (χ0n) is 16.2. The van der Waals surface area contributed by atoms with E-state index in [0.29, 0.717) is 29.3 Å². The number of allylic oxidation sites excluding steroid dienone is 1. The van der Waals surface area contributed by atoms with Crippen LogP contribution >= 0.6 is 0 Å². The molecule has 4 saturated carbocycles. The van der Waals surface area contributed by atoms with E-state index in [1.807, 2.05) is 0 Å². The van der Waals surface area contributed by atoms with Gasteiger partial charge in [0.15, 0.2) is 0 Å². The molecule has 0 aromatic heterocycles. The summed E-state index contributed by atoms with van der Waals surface area (Å²) in [6, 6.07) is 0. The van der Waals surface area contributed by atoms with Crippen LogP contribution in [0.5, 0.6) is 0 Å². The van der Waals surface area contributed by atoms with Gasteiger partial charge in [-0.3, -0.25) is 0 Å². The molecule has 0 spiro atoms. The van der Waals surface area contributed by atoms with Gasteiger partial charge in [-0.2, -0.15) is 0 Å². The van der Waals surface area contributed by atoms with Crippen LogP contribution in [0.1, 0.15) is 65.7 Å². The standard InChI is InChI=1S/C23H35NO/c1-4-23-8-7-16-15-6-5-14(24)10-17(15)13(12-25)9-18(16)21(23)19-11-20(19)22(23,2)3/h10,13,15-16,18-21,24-25H,4-9,11-12H2,1-3H3/t13-,15?,16?,18?,19?,20?,21?,23?/m0/s1. The molecule has 5 aliphatic rings. The Hall–Kier alpha value is -0.630. The highest BCUT2D eigenvalue weighted by molar-refractivity contribution is 5.94. The number of hydrogen-bond donors (Lipinski definition) is 2. The van der Waals surface area contributed by atoms with Gasteiger partial charge in [-0.25, -0.2) is 0 Å². The van der Waals surface area contributed by atoms with E-state index in [9.17, 15) is 5.11 Å². The van der Waals surface area contributed by atoms with Crippen LogP contribution in [-0.2, 0) is 0 Å². The van der Waals surface area contributed by atoms with Crippen LogP contribution in [0.15, 0.2) is 11.6 Å². The van der Waals surface area contributed by atoms with E-state index in [1.165, 1.54) is 44.1 Å². The number of aliphatic hydroxyl groups excluding tert-OH is 1. The molecule has 4 fully saturated rings. The van der Waals surface area contributed by atoms with E-state index in [1.54, 1.807) is 0 Å². The second-order valence-electron chi connectivity index (χ2n) is 10.6. The molecule has 0 amide bonds. The summed E-state index contributed by atoms with van der Waals surface area (Å²) in [4.78, 5) is 0. The molecule has 5 aliphatic carbocycles. The number of aliphatic hydroxyl groups is 1. The predicted molar refractivity (Wildman–Crippen MR) is 102 cm³/mol. The molecule has 2 heteroatoms. The van der Waals surface area contributed by atoms with Gasteiger partial charge < -0.3 is 10.5 Å². The van der Waals surface area contributed by atoms with Crippen molar-refractivity contribution in [3.05, 3.63) is 11.6 Å². The largest absolute Gasteiger partial charge is 0.396 e. The van der Waals surface area contributed by atoms with Gasteiger partial charge in [0, 0.05) is 18.2 Å². The Morgan fingerprint density at radius 3 is 2.68 bits per heavy atom. The summed E-state index contributed by atoms with van der Waals surface area (Å²) in [5.74, 6) is 5.53. The number of hydrogen-bond acceptors (Lipinski definition) is 2. The predicted octanol–water partition coefficient (Wildman–Crippen LogP) is 5.07. The Bertz CT molecular complexity index is 634. The van der Waals surface area contributed by atoms with Crippen molar-refractivity contribution in [2.75, 3.05) is 6.61 Å². The monoisotopic (exact) mass is 341 g/mol. The topological polar surface area (TPSA) is 44.1 Å². The number of nitrogens with one attached hydrogen (secondary N) is 1. The minimum Gasteiger partial charge on any atom is -0.396 e. The first kappa shape index (κ1) is 16.5. The van der Waals surface area contributed by atoms with Gasteiger partial charge in [-0.15, -0.1) is 0 Å². The molecular weight excluding hydrogens is 306 g/mol. The van der Waals surface area contributed by atoms with E-state index in [0.717, 1.165) is 41.7 Å². The quantitative estimate of drug-likeness (QED) is 0.723. The third-order valence-electron chi connectivity index (χ3n) is 9.97. The SMILES string of the molecule is CCC12CCC3C4CCC(=N)C=C4[C@H](CO)CC3C1C1CC1C2(C)C. The lowest BCUT2D eigenvalue weighted by Crippen LogP contribution is -2.53. The molecule has 0 aromatic carbocycles. The summed E-state index contributed by atoms with van der Waals surface area (Å²) in [6.07, 6.45) is 11.1. The van der Waals surface area contributed by atoms with Gasteiger partial charge in [-0.1, -0.05) is 26.3 Å². The molecule has 2 nitrogen and oxygen atoms in total. The summed E-state index contributed by atoms with van der Waals surface area (Å²) in [7, 11) is 0. The average molecular weight is 342 g/mol. The molecule has 0 bridgehead atoms. The Labute approximate surface area is 153 Å². The van der Waals surface area contributed by atoms with Gasteiger partial charge in [0.1, 0.15) is 0 Å². The van der Waals surface area contributed by atoms with E-state index < -0.39 is 0 Å². The molecule has 7 unspecified atom stereocenters. The number of rotatable bonds is 2. The molecule has 138 valence electrons. The summed E-state index contributed by atoms with van der Waals surface area (Å²) in [5, 5.41) is 18.3. The van der Waals surface area contributed by atoms with Crippen LogP contribution in [0, 0.1) is 57.7 Å². The first-order valence-electron chi connectivity index (χ1n) is 10.8. The molecule has 0 heterocycles. The van der Waals surface area contributed by atoms with Crippen LogP contribution in [-0.4, -0.2) is 17.4 Å². The van der Waals surface area contributed by atoms with Crippen molar-refractivity contribution in [2.45, 2.75) is 65.7 Å². The first-order chi connectivity index (χ1) is 11.9. The molecule has 25 heavy (non-hydrogen) atoms. The van der Waals surface area contributed by atoms with Gasteiger partial charge in [0.25, 0.3) is 0 Å². The van der Waals surface area contributed by atoms with Crippen molar-refractivity contribution in [3.63, 3.8) is 0 Å². The Morgan fingerprint density at radius 2 is 1.96 bits per heavy atom. The van der Waals surface area contributed by atoms with E-state index in [4.69, 9.17) is 5.41 Å². The molecule has 0 radical (unpaired) electrons. The van der Waals surface area contributed by atoms with Crippen molar-refractivity contribution in [1.82, 2.24) is 0 Å². The maximum atomic E-state index is 10.1. The Balaban J connectivity index is 1.55. The van der Waals surface area contributed by atoms with Crippen molar-refractivity contribution < 1.29 is 5.11 Å². The average Bonchev–Trinajstić information content (AvgIpc) is 3.36. The van der Waals surface area contributed by atoms with Gasteiger partial charge in [0.2, 0.25) is 0 Å². The van der Waals surface area contributed by atoms with Crippen LogP contribution in [0.3, 0.4) is 0 Å². The molecule has 5 rings (SSSR count). The fourth-order valence-corrected chi connectivity index (χ4v) is 8.84. The maximum absolute atomic E-state index is 10.1. The van der Waals surface area contributed by atoms with E-state index in [2.05, 4.69) is 26.8 Å². The highest BCUT2D eigenvalue weighted by atomic mass is 16.3. The first-order valence-corrected chi connectivity index (χ1v) is 10.8. The fraction of sp³-hybridized carbons (Fsp3) is 0.870. The fourth-order valence-electron chi connectivity index (χ4n) is 8.84. The minimum atomic E-state index is 0.294. The van der Waals surface area contributed by atoms with Crippen molar-refractivity contribution >= 4 is 5.71 Å². The zero-order chi connectivity index (χ0) is 17.6. The van der Waals surface area contributed by atoms with Gasteiger partial charge in [0.05, 0.1) is 0 Å². The highest BCUT2D eigenvalue weighted by Crippen LogP contribution is 2.79. The molecular formula is C23H35NO. The smallest absolute Gasteiger partial charge is 0.0496 e. The minimum absolute atomic E-state index is 0.294. The van der Waals surface area contributed by atoms with Crippen molar-refractivity contribution in [1.29, 1.82) is 5.41 Å². The van der Waals surface area contributed by atoms with Crippen LogP contribution in [0.4, 0.5) is 0 Å². The normalized spacial score (nSPS) is 52.6. The lowest BCUT2D eigenvalue weighted by atomic mass is 9.45.